The number of aryl methyl sites for hydroxylation is 1. The average molecular weight is 757 g/mol. The number of benzene rings is 2. The number of aromatic nitrogens is 1. The van der Waals surface area contributed by atoms with Gasteiger partial charge in [-0.2, -0.15) is 0 Å². The second-order valence-corrected chi connectivity index (χ2v) is 15.2. The molecule has 2 aromatic carbocycles. The summed E-state index contributed by atoms with van der Waals surface area (Å²) in [5, 5.41) is 13.6. The van der Waals surface area contributed by atoms with Gasteiger partial charge < -0.3 is 35.7 Å². The van der Waals surface area contributed by atoms with Crippen LogP contribution in [0, 0.1) is 17.8 Å². The molecule has 4 amide bonds. The molecule has 52 heavy (non-hydrogen) atoms. The van der Waals surface area contributed by atoms with E-state index in [1.54, 1.807) is 12.1 Å². The zero-order valence-electron chi connectivity index (χ0n) is 30.4. The highest BCUT2D eigenvalue weighted by atomic mass is 35.5. The molecule has 0 saturated carbocycles. The van der Waals surface area contributed by atoms with Gasteiger partial charge in [0.1, 0.15) is 24.2 Å². The molecule has 1 fully saturated rings. The Kier molecular flexibility index (Phi) is 13.5. The Hall–Kier alpha value is -3.80. The Morgan fingerprint density at radius 1 is 0.962 bits per heavy atom. The van der Waals surface area contributed by atoms with Crippen LogP contribution in [0.2, 0.25) is 10.0 Å². The molecule has 1 saturated heterocycles. The van der Waals surface area contributed by atoms with Gasteiger partial charge in [0.05, 0.1) is 10.5 Å². The van der Waals surface area contributed by atoms with Crippen molar-refractivity contribution in [2.75, 3.05) is 19.8 Å². The lowest BCUT2D eigenvalue weighted by Crippen LogP contribution is -2.67. The SMILES string of the molecule is CCC(C)[C@H](NC(=O)OCc1ccccc1)C(=O)N[C@]1(C(=O)N[C@H](C(=O)NCC2CCOCC2)C(C)CC)CCc2[nH]c3c(Cl)cc(Cl)cc3c2C1. The molecule has 1 aliphatic heterocycles. The summed E-state index contributed by atoms with van der Waals surface area (Å²) in [5.74, 6) is -1.45. The van der Waals surface area contributed by atoms with E-state index in [-0.39, 0.29) is 37.2 Å². The van der Waals surface area contributed by atoms with Crippen LogP contribution in [0.25, 0.3) is 10.9 Å². The number of rotatable bonds is 14. The van der Waals surface area contributed by atoms with Gasteiger partial charge in [0.25, 0.3) is 0 Å². The summed E-state index contributed by atoms with van der Waals surface area (Å²) in [5.41, 5.74) is 1.74. The smallest absolute Gasteiger partial charge is 0.408 e. The molecule has 282 valence electrons. The monoisotopic (exact) mass is 755 g/mol. The number of carbonyl (C=O) groups is 4. The van der Waals surface area contributed by atoms with Crippen LogP contribution in [0.5, 0.6) is 0 Å². The zero-order valence-corrected chi connectivity index (χ0v) is 31.9. The molecule has 5 rings (SSSR count). The van der Waals surface area contributed by atoms with Gasteiger partial charge in [-0.15, -0.1) is 0 Å². The third-order valence-electron chi connectivity index (χ3n) is 10.8. The molecule has 13 heteroatoms. The van der Waals surface area contributed by atoms with E-state index in [1.165, 1.54) is 0 Å². The van der Waals surface area contributed by atoms with Gasteiger partial charge in [-0.05, 0) is 66.7 Å². The number of halogens is 2. The largest absolute Gasteiger partial charge is 0.445 e. The number of carbonyl (C=O) groups excluding carboxylic acids is 4. The number of hydrogen-bond donors (Lipinski definition) is 5. The zero-order chi connectivity index (χ0) is 37.4. The molecule has 0 bridgehead atoms. The van der Waals surface area contributed by atoms with E-state index >= 15 is 0 Å². The maximum Gasteiger partial charge on any atom is 0.408 e. The Balaban J connectivity index is 1.43. The molecule has 2 aliphatic rings. The third-order valence-corrected chi connectivity index (χ3v) is 11.3. The van der Waals surface area contributed by atoms with Crippen LogP contribution in [0.1, 0.15) is 76.6 Å². The van der Waals surface area contributed by atoms with Crippen molar-refractivity contribution in [1.82, 2.24) is 26.3 Å². The van der Waals surface area contributed by atoms with E-state index in [0.717, 1.165) is 35.0 Å². The van der Waals surface area contributed by atoms with Gasteiger partial charge in [-0.25, -0.2) is 4.79 Å². The minimum absolute atomic E-state index is 0.0376. The van der Waals surface area contributed by atoms with Crippen LogP contribution < -0.4 is 21.3 Å². The van der Waals surface area contributed by atoms with Crippen molar-refractivity contribution in [3.8, 4) is 0 Å². The van der Waals surface area contributed by atoms with Crippen molar-refractivity contribution in [3.05, 3.63) is 69.3 Å². The molecule has 3 aromatic rings. The van der Waals surface area contributed by atoms with Crippen LogP contribution in [-0.2, 0) is 43.3 Å². The van der Waals surface area contributed by atoms with Crippen LogP contribution >= 0.6 is 23.2 Å². The number of fused-ring (bicyclic) bond motifs is 3. The lowest BCUT2D eigenvalue weighted by Gasteiger charge is -2.39. The molecule has 0 radical (unpaired) electrons. The quantitative estimate of drug-likeness (QED) is 0.132. The van der Waals surface area contributed by atoms with E-state index < -0.39 is 35.5 Å². The molecule has 2 unspecified atom stereocenters. The Bertz CT molecular complexity index is 1730. The Labute approximate surface area is 315 Å². The third kappa shape index (κ3) is 9.40. The van der Waals surface area contributed by atoms with Crippen molar-refractivity contribution >= 4 is 57.9 Å². The number of ether oxygens (including phenoxy) is 2. The lowest BCUT2D eigenvalue weighted by molar-refractivity contribution is -0.138. The minimum Gasteiger partial charge on any atom is -0.445 e. The topological polar surface area (TPSA) is 151 Å². The van der Waals surface area contributed by atoms with Crippen LogP contribution in [0.3, 0.4) is 0 Å². The van der Waals surface area contributed by atoms with Crippen molar-refractivity contribution in [2.45, 2.75) is 96.9 Å². The number of H-pyrrole nitrogens is 1. The normalized spacial score (nSPS) is 19.8. The predicted molar refractivity (Wildman–Crippen MR) is 202 cm³/mol. The van der Waals surface area contributed by atoms with E-state index in [4.69, 9.17) is 32.7 Å². The highest BCUT2D eigenvalue weighted by Crippen LogP contribution is 2.38. The summed E-state index contributed by atoms with van der Waals surface area (Å²) in [6.45, 7) is 9.54. The minimum atomic E-state index is -1.47. The average Bonchev–Trinajstić information content (AvgIpc) is 3.51. The van der Waals surface area contributed by atoms with Crippen LogP contribution in [-0.4, -0.2) is 66.2 Å². The molecule has 11 nitrogen and oxygen atoms in total. The standard InChI is InChI=1S/C39H51Cl2N5O6/c1-5-23(3)32(35(47)42-21-25-13-16-51-17-14-25)44-37(49)39(15-12-31-29(20-39)28-18-27(40)19-30(41)34(28)43-31)46-36(48)33(24(4)6-2)45-38(50)52-22-26-10-8-7-9-11-26/h7-11,18-19,23-25,32-33,43H,5-6,12-17,20-22H2,1-4H3,(H,42,47)(H,44,49)(H,45,50)(H,46,48)/t23?,24?,32-,33-,39+/m0/s1. The van der Waals surface area contributed by atoms with E-state index in [1.807, 2.05) is 58.0 Å². The number of aromatic amines is 1. The summed E-state index contributed by atoms with van der Waals surface area (Å²) in [6.07, 6.45) is 2.96. The Morgan fingerprint density at radius 3 is 2.31 bits per heavy atom. The molecular formula is C39H51Cl2N5O6. The number of alkyl carbamates (subject to hydrolysis) is 1. The van der Waals surface area contributed by atoms with Gasteiger partial charge in [-0.3, -0.25) is 14.4 Å². The van der Waals surface area contributed by atoms with Gasteiger partial charge >= 0.3 is 6.09 Å². The first-order chi connectivity index (χ1) is 24.9. The molecular weight excluding hydrogens is 705 g/mol. The molecule has 2 heterocycles. The van der Waals surface area contributed by atoms with Gasteiger partial charge in [0.15, 0.2) is 0 Å². The van der Waals surface area contributed by atoms with Gasteiger partial charge in [0, 0.05) is 42.3 Å². The van der Waals surface area contributed by atoms with E-state index in [0.29, 0.717) is 60.5 Å². The molecule has 1 aliphatic carbocycles. The number of hydrogen-bond acceptors (Lipinski definition) is 6. The second kappa shape index (κ2) is 17.8. The number of nitrogens with one attached hydrogen (secondary N) is 5. The van der Waals surface area contributed by atoms with Gasteiger partial charge in [0.2, 0.25) is 17.7 Å². The van der Waals surface area contributed by atoms with Gasteiger partial charge in [-0.1, -0.05) is 94.1 Å². The predicted octanol–water partition coefficient (Wildman–Crippen LogP) is 6.23. The van der Waals surface area contributed by atoms with Crippen molar-refractivity contribution in [2.24, 2.45) is 17.8 Å². The lowest BCUT2D eigenvalue weighted by atomic mass is 9.78. The maximum absolute atomic E-state index is 14.7. The molecule has 5 atom stereocenters. The first-order valence-corrected chi connectivity index (χ1v) is 19.1. The first kappa shape index (κ1) is 39.4. The molecule has 1 aromatic heterocycles. The van der Waals surface area contributed by atoms with Crippen molar-refractivity contribution < 1.29 is 28.7 Å². The Morgan fingerprint density at radius 2 is 1.63 bits per heavy atom. The van der Waals surface area contributed by atoms with E-state index in [9.17, 15) is 19.2 Å². The summed E-state index contributed by atoms with van der Waals surface area (Å²) in [4.78, 5) is 59.2. The fourth-order valence-corrected chi connectivity index (χ4v) is 7.56. The number of amides is 4. The first-order valence-electron chi connectivity index (χ1n) is 18.4. The molecule has 0 spiro atoms. The summed E-state index contributed by atoms with van der Waals surface area (Å²) >= 11 is 13.0. The summed E-state index contributed by atoms with van der Waals surface area (Å²) in [7, 11) is 0. The summed E-state index contributed by atoms with van der Waals surface area (Å²) in [6, 6.07) is 10.9. The van der Waals surface area contributed by atoms with Crippen molar-refractivity contribution in [1.29, 1.82) is 0 Å². The highest BCUT2D eigenvalue weighted by molar-refractivity contribution is 6.38. The maximum atomic E-state index is 14.7. The van der Waals surface area contributed by atoms with E-state index in [2.05, 4.69) is 26.3 Å². The second-order valence-electron chi connectivity index (χ2n) is 14.3. The fourth-order valence-electron chi connectivity index (χ4n) is 7.02. The van der Waals surface area contributed by atoms with Crippen LogP contribution in [0.4, 0.5) is 4.79 Å². The van der Waals surface area contributed by atoms with Crippen LogP contribution in [0.15, 0.2) is 42.5 Å². The highest BCUT2D eigenvalue weighted by Gasteiger charge is 2.47. The van der Waals surface area contributed by atoms with Crippen molar-refractivity contribution in [3.63, 3.8) is 0 Å². The fraction of sp³-hybridized carbons (Fsp3) is 0.538. The summed E-state index contributed by atoms with van der Waals surface area (Å²) < 4.78 is 10.9. The molecule has 5 N–H and O–H groups in total.